The Morgan fingerprint density at radius 1 is 1.10 bits per heavy atom. The zero-order valence-electron chi connectivity index (χ0n) is 20.0. The van der Waals surface area contributed by atoms with Gasteiger partial charge in [0.05, 0.1) is 27.9 Å². The molecular weight excluding hydrogens is 583 g/mol. The standard InChI is InChI=1S/C24H23F5N2O6S2.CH4/c25-17-5-6-18(26)22-21(17)23(38(33,34)13-3-1-12(2-4-13)24(27,28)29)8-7-19-15(16(23)11-37-22)9-14(10-20(30)32)39(35,36)31-19;/h1-6,14-16,19,31H,7-11H2,(H2,30,32);1H4/t14-,15-,16-,19+,23-;/m0./s1. The predicted molar refractivity (Wildman–Crippen MR) is 133 cm³/mol. The van der Waals surface area contributed by atoms with Crippen molar-refractivity contribution in [1.29, 1.82) is 0 Å². The molecule has 0 bridgehead atoms. The third-order valence-electron chi connectivity index (χ3n) is 8.04. The van der Waals surface area contributed by atoms with Gasteiger partial charge in [0.2, 0.25) is 15.9 Å². The maximum Gasteiger partial charge on any atom is 0.416 e. The molecular formula is C25H27F5N2O6S2. The zero-order chi connectivity index (χ0) is 28.5. The fourth-order valence-corrected chi connectivity index (χ4v) is 10.5. The smallest absolute Gasteiger partial charge is 0.416 e. The number of alkyl halides is 3. The fourth-order valence-electron chi connectivity index (χ4n) is 6.34. The molecule has 220 valence electrons. The third-order valence-corrected chi connectivity index (χ3v) is 12.5. The van der Waals surface area contributed by atoms with Crippen molar-refractivity contribution in [2.75, 3.05) is 6.61 Å². The number of hydrogen-bond donors (Lipinski definition) is 2. The molecule has 1 saturated heterocycles. The zero-order valence-corrected chi connectivity index (χ0v) is 21.7. The molecule has 1 amide bonds. The van der Waals surface area contributed by atoms with Crippen LogP contribution in [0.15, 0.2) is 41.3 Å². The number of sulfonamides is 1. The van der Waals surface area contributed by atoms with E-state index in [1.807, 2.05) is 0 Å². The van der Waals surface area contributed by atoms with Crippen LogP contribution in [0.5, 0.6) is 5.75 Å². The van der Waals surface area contributed by atoms with Gasteiger partial charge in [0.25, 0.3) is 0 Å². The normalized spacial score (nSPS) is 29.1. The molecule has 2 fully saturated rings. The summed E-state index contributed by atoms with van der Waals surface area (Å²) in [7, 11) is -8.75. The van der Waals surface area contributed by atoms with Crippen LogP contribution >= 0.6 is 0 Å². The minimum atomic E-state index is -4.74. The average molecular weight is 611 g/mol. The molecule has 5 rings (SSSR count). The van der Waals surface area contributed by atoms with Gasteiger partial charge in [0.1, 0.15) is 10.6 Å². The number of nitrogens with one attached hydrogen (secondary N) is 1. The van der Waals surface area contributed by atoms with Crippen molar-refractivity contribution in [3.05, 3.63) is 59.2 Å². The van der Waals surface area contributed by atoms with E-state index in [4.69, 9.17) is 10.5 Å². The molecule has 5 atom stereocenters. The number of rotatable bonds is 4. The maximum atomic E-state index is 15.5. The summed E-state index contributed by atoms with van der Waals surface area (Å²) < 4.78 is 130. The van der Waals surface area contributed by atoms with Crippen LogP contribution in [0.2, 0.25) is 0 Å². The van der Waals surface area contributed by atoms with Gasteiger partial charge in [-0.3, -0.25) is 4.79 Å². The highest BCUT2D eigenvalue weighted by molar-refractivity contribution is 7.92. The number of carbonyl (C=O) groups excluding carboxylic acids is 1. The van der Waals surface area contributed by atoms with Crippen molar-refractivity contribution in [3.63, 3.8) is 0 Å². The van der Waals surface area contributed by atoms with E-state index >= 15 is 4.39 Å². The van der Waals surface area contributed by atoms with Crippen molar-refractivity contribution in [3.8, 4) is 5.75 Å². The number of amides is 1. The van der Waals surface area contributed by atoms with Crippen molar-refractivity contribution in [1.82, 2.24) is 4.72 Å². The van der Waals surface area contributed by atoms with Crippen LogP contribution in [0.1, 0.15) is 44.2 Å². The van der Waals surface area contributed by atoms with Gasteiger partial charge >= 0.3 is 6.18 Å². The van der Waals surface area contributed by atoms with E-state index in [1.54, 1.807) is 0 Å². The fraction of sp³-hybridized carbons (Fsp3) is 0.480. The molecule has 15 heteroatoms. The number of nitrogens with two attached hydrogens (primary N) is 1. The molecule has 0 radical (unpaired) electrons. The first kappa shape index (κ1) is 30.2. The first-order chi connectivity index (χ1) is 18.1. The van der Waals surface area contributed by atoms with Crippen LogP contribution < -0.4 is 15.2 Å². The number of fused-ring (bicyclic) bond motifs is 5. The van der Waals surface area contributed by atoms with E-state index in [1.165, 1.54) is 0 Å². The Hall–Kier alpha value is -2.78. The predicted octanol–water partition coefficient (Wildman–Crippen LogP) is 3.64. The summed E-state index contributed by atoms with van der Waals surface area (Å²) in [6.45, 7) is -0.445. The van der Waals surface area contributed by atoms with Gasteiger partial charge in [-0.05, 0) is 61.6 Å². The summed E-state index contributed by atoms with van der Waals surface area (Å²) in [4.78, 5) is 11.0. The van der Waals surface area contributed by atoms with Gasteiger partial charge in [-0.25, -0.2) is 30.3 Å². The number of hydrogen-bond acceptors (Lipinski definition) is 6. The SMILES string of the molecule is C.NC(=O)C[C@@H]1C[C@@H]2[C@@H](CC[C@@]3(S(=O)(=O)c4ccc(C(F)(F)F)cc4)c4c(F)ccc(F)c4OC[C@@H]23)NS1(=O)=O. The van der Waals surface area contributed by atoms with Gasteiger partial charge < -0.3 is 10.5 Å². The van der Waals surface area contributed by atoms with Gasteiger partial charge in [-0.15, -0.1) is 0 Å². The molecule has 2 aliphatic heterocycles. The molecule has 1 aliphatic carbocycles. The molecule has 2 heterocycles. The van der Waals surface area contributed by atoms with Crippen molar-refractivity contribution in [2.24, 2.45) is 17.6 Å². The van der Waals surface area contributed by atoms with Crippen LogP contribution in [-0.2, 0) is 35.6 Å². The quantitative estimate of drug-likeness (QED) is 0.508. The first-order valence-corrected chi connectivity index (χ1v) is 14.9. The number of ether oxygens (including phenoxy) is 1. The molecule has 0 unspecified atom stereocenters. The Labute approximate surface area is 228 Å². The third kappa shape index (κ3) is 4.55. The van der Waals surface area contributed by atoms with Gasteiger partial charge in [0, 0.05) is 18.4 Å². The Kier molecular flexibility index (Phi) is 7.50. The lowest BCUT2D eigenvalue weighted by atomic mass is 9.64. The summed E-state index contributed by atoms with van der Waals surface area (Å²) in [6, 6.07) is 3.42. The summed E-state index contributed by atoms with van der Waals surface area (Å²) in [5.41, 5.74) is 3.55. The lowest BCUT2D eigenvalue weighted by Gasteiger charge is -2.54. The summed E-state index contributed by atoms with van der Waals surface area (Å²) in [5.74, 6) is -5.59. The monoisotopic (exact) mass is 610 g/mol. The average Bonchev–Trinajstić information content (AvgIpc) is 2.85. The van der Waals surface area contributed by atoms with E-state index in [2.05, 4.69) is 4.72 Å². The Bertz CT molecular complexity index is 1550. The van der Waals surface area contributed by atoms with E-state index in [0.29, 0.717) is 12.1 Å². The van der Waals surface area contributed by atoms with E-state index in [9.17, 15) is 39.2 Å². The molecule has 0 aromatic heterocycles. The van der Waals surface area contributed by atoms with Crippen molar-refractivity contribution in [2.45, 2.75) is 60.2 Å². The second kappa shape index (κ2) is 9.94. The summed E-state index contributed by atoms with van der Waals surface area (Å²) in [5, 5.41) is -1.31. The molecule has 8 nitrogen and oxygen atoms in total. The molecule has 3 N–H and O–H groups in total. The molecule has 2 aromatic carbocycles. The number of carbonyl (C=O) groups is 1. The lowest BCUT2D eigenvalue weighted by Crippen LogP contribution is -2.64. The number of halogens is 5. The molecule has 40 heavy (non-hydrogen) atoms. The minimum absolute atomic E-state index is 0. The van der Waals surface area contributed by atoms with Crippen LogP contribution in [0.25, 0.3) is 0 Å². The second-order valence-electron chi connectivity index (χ2n) is 10.1. The lowest BCUT2D eigenvalue weighted by molar-refractivity contribution is -0.137. The molecule has 1 saturated carbocycles. The van der Waals surface area contributed by atoms with E-state index < -0.39 is 106 Å². The van der Waals surface area contributed by atoms with E-state index in [0.717, 1.165) is 24.3 Å². The minimum Gasteiger partial charge on any atom is -0.490 e. The maximum absolute atomic E-state index is 15.5. The highest BCUT2D eigenvalue weighted by atomic mass is 32.2. The van der Waals surface area contributed by atoms with Crippen molar-refractivity contribution >= 4 is 25.8 Å². The Morgan fingerprint density at radius 2 is 1.73 bits per heavy atom. The second-order valence-corrected chi connectivity index (χ2v) is 14.3. The summed E-state index contributed by atoms with van der Waals surface area (Å²) >= 11 is 0. The van der Waals surface area contributed by atoms with E-state index in [-0.39, 0.29) is 26.7 Å². The van der Waals surface area contributed by atoms with Crippen LogP contribution in [-0.4, -0.2) is 40.6 Å². The van der Waals surface area contributed by atoms with Crippen LogP contribution in [0, 0.1) is 23.5 Å². The topological polar surface area (TPSA) is 133 Å². The number of primary amides is 1. The number of benzene rings is 2. The van der Waals surface area contributed by atoms with Crippen molar-refractivity contribution < 1.29 is 48.3 Å². The molecule has 0 spiro atoms. The largest absolute Gasteiger partial charge is 0.490 e. The highest BCUT2D eigenvalue weighted by Gasteiger charge is 2.64. The Balaban J connectivity index is 0.00000370. The van der Waals surface area contributed by atoms with Gasteiger partial charge in [-0.2, -0.15) is 13.2 Å². The van der Waals surface area contributed by atoms with Gasteiger partial charge in [0.15, 0.2) is 21.4 Å². The van der Waals surface area contributed by atoms with Gasteiger partial charge in [-0.1, -0.05) is 7.43 Å². The first-order valence-electron chi connectivity index (χ1n) is 11.9. The molecule has 3 aliphatic rings. The summed E-state index contributed by atoms with van der Waals surface area (Å²) in [6.07, 6.45) is -5.99. The van der Waals surface area contributed by atoms with Crippen LogP contribution in [0.4, 0.5) is 22.0 Å². The number of sulfone groups is 1. The van der Waals surface area contributed by atoms with Crippen LogP contribution in [0.3, 0.4) is 0 Å². The Morgan fingerprint density at radius 3 is 2.33 bits per heavy atom. The highest BCUT2D eigenvalue weighted by Crippen LogP contribution is 2.59. The molecule has 2 aromatic rings.